The van der Waals surface area contributed by atoms with Gasteiger partial charge in [-0.15, -0.1) is 0 Å². The van der Waals surface area contributed by atoms with Crippen molar-refractivity contribution >= 4 is 5.97 Å². The summed E-state index contributed by atoms with van der Waals surface area (Å²) in [5.74, 6) is -0.285. The number of phenolic OH excluding ortho intramolecular Hbond substituents is 1. The van der Waals surface area contributed by atoms with Gasteiger partial charge in [0.15, 0.2) is 0 Å². The highest BCUT2D eigenvalue weighted by atomic mass is 16.5. The minimum Gasteiger partial charge on any atom is -0.507 e. The number of aromatic hydroxyl groups is 1. The summed E-state index contributed by atoms with van der Waals surface area (Å²) in [4.78, 5) is 11.5. The zero-order valence-electron chi connectivity index (χ0n) is 9.10. The van der Waals surface area contributed by atoms with Crippen LogP contribution in [0.1, 0.15) is 29.6 Å². The highest BCUT2D eigenvalue weighted by molar-refractivity contribution is 5.95. The van der Waals surface area contributed by atoms with Crippen LogP contribution in [-0.2, 0) is 4.74 Å². The van der Waals surface area contributed by atoms with Crippen LogP contribution in [0.2, 0.25) is 0 Å². The lowest BCUT2D eigenvalue weighted by atomic mass is 9.96. The van der Waals surface area contributed by atoms with Gasteiger partial charge < -0.3 is 14.6 Å². The Balaban J connectivity index is 2.27. The van der Waals surface area contributed by atoms with Crippen LogP contribution in [0.25, 0.3) is 0 Å². The van der Waals surface area contributed by atoms with Crippen LogP contribution in [0.4, 0.5) is 0 Å². The summed E-state index contributed by atoms with van der Waals surface area (Å²) in [6.45, 7) is 0. The van der Waals surface area contributed by atoms with E-state index in [1.807, 2.05) is 0 Å². The molecule has 16 heavy (non-hydrogen) atoms. The second-order valence-electron chi connectivity index (χ2n) is 3.81. The number of carbonyl (C=O) groups excluding carboxylic acids is 1. The third-order valence-electron chi connectivity index (χ3n) is 2.74. The lowest BCUT2D eigenvalue weighted by molar-refractivity contribution is 0.0581. The molecule has 0 unspecified atom stereocenters. The van der Waals surface area contributed by atoms with Crippen LogP contribution in [0, 0.1) is 0 Å². The molecule has 1 aromatic carbocycles. The van der Waals surface area contributed by atoms with Crippen molar-refractivity contribution in [1.29, 1.82) is 0 Å². The molecule has 4 nitrogen and oxygen atoms in total. The molecule has 1 aromatic rings. The molecule has 86 valence electrons. The number of ether oxygens (including phenoxy) is 2. The van der Waals surface area contributed by atoms with Gasteiger partial charge >= 0.3 is 5.97 Å². The Morgan fingerprint density at radius 1 is 1.44 bits per heavy atom. The Morgan fingerprint density at radius 3 is 2.75 bits per heavy atom. The first-order valence-corrected chi connectivity index (χ1v) is 5.29. The van der Waals surface area contributed by atoms with E-state index in [9.17, 15) is 9.90 Å². The second-order valence-corrected chi connectivity index (χ2v) is 3.81. The zero-order valence-corrected chi connectivity index (χ0v) is 9.10. The largest absolute Gasteiger partial charge is 0.507 e. The second kappa shape index (κ2) is 4.43. The molecule has 0 bridgehead atoms. The van der Waals surface area contributed by atoms with Gasteiger partial charge in [-0.1, -0.05) is 6.07 Å². The molecule has 1 aliphatic rings. The van der Waals surface area contributed by atoms with Gasteiger partial charge in [0.05, 0.1) is 13.2 Å². The SMILES string of the molecule is COC(=O)c1c(O)cccc1OC1CCC1. The molecule has 0 saturated heterocycles. The van der Waals surface area contributed by atoms with E-state index < -0.39 is 5.97 Å². The number of hydrogen-bond acceptors (Lipinski definition) is 4. The highest BCUT2D eigenvalue weighted by Gasteiger charge is 2.24. The summed E-state index contributed by atoms with van der Waals surface area (Å²) in [6, 6.07) is 4.76. The molecule has 0 radical (unpaired) electrons. The average molecular weight is 222 g/mol. The monoisotopic (exact) mass is 222 g/mol. The molecule has 0 atom stereocenters. The maximum absolute atomic E-state index is 11.5. The van der Waals surface area contributed by atoms with E-state index in [0.29, 0.717) is 5.75 Å². The average Bonchev–Trinajstić information content (AvgIpc) is 2.22. The number of phenols is 1. The molecule has 1 N–H and O–H groups in total. The third-order valence-corrected chi connectivity index (χ3v) is 2.74. The van der Waals surface area contributed by atoms with Gasteiger partial charge in [0, 0.05) is 0 Å². The summed E-state index contributed by atoms with van der Waals surface area (Å²) >= 11 is 0. The van der Waals surface area contributed by atoms with Crippen LogP contribution in [-0.4, -0.2) is 24.3 Å². The number of rotatable bonds is 3. The van der Waals surface area contributed by atoms with Crippen molar-refractivity contribution < 1.29 is 19.4 Å². The maximum atomic E-state index is 11.5. The van der Waals surface area contributed by atoms with Crippen molar-refractivity contribution in [2.45, 2.75) is 25.4 Å². The van der Waals surface area contributed by atoms with Crippen LogP contribution in [0.15, 0.2) is 18.2 Å². The Morgan fingerprint density at radius 2 is 2.19 bits per heavy atom. The predicted octanol–water partition coefficient (Wildman–Crippen LogP) is 2.11. The molecule has 0 amide bonds. The molecular weight excluding hydrogens is 208 g/mol. The smallest absolute Gasteiger partial charge is 0.345 e. The minimum absolute atomic E-state index is 0.108. The van der Waals surface area contributed by atoms with Crippen LogP contribution in [0.3, 0.4) is 0 Å². The van der Waals surface area contributed by atoms with Crippen molar-refractivity contribution in [2.75, 3.05) is 7.11 Å². The number of benzene rings is 1. The van der Waals surface area contributed by atoms with E-state index in [1.54, 1.807) is 12.1 Å². The van der Waals surface area contributed by atoms with Gasteiger partial charge in [-0.2, -0.15) is 0 Å². The third kappa shape index (κ3) is 1.96. The molecule has 0 aromatic heterocycles. The van der Waals surface area contributed by atoms with Crippen LogP contribution < -0.4 is 4.74 Å². The summed E-state index contributed by atoms with van der Waals surface area (Å²) in [5.41, 5.74) is 0.108. The maximum Gasteiger partial charge on any atom is 0.345 e. The number of esters is 1. The first-order valence-electron chi connectivity index (χ1n) is 5.29. The van der Waals surface area contributed by atoms with Gasteiger partial charge in [-0.3, -0.25) is 0 Å². The summed E-state index contributed by atoms with van der Waals surface area (Å²) in [7, 11) is 1.28. The number of hydrogen-bond donors (Lipinski definition) is 1. The lowest BCUT2D eigenvalue weighted by Gasteiger charge is -2.27. The number of carbonyl (C=O) groups is 1. The van der Waals surface area contributed by atoms with Crippen molar-refractivity contribution in [2.24, 2.45) is 0 Å². The lowest BCUT2D eigenvalue weighted by Crippen LogP contribution is -2.25. The number of methoxy groups -OCH3 is 1. The molecule has 1 aliphatic carbocycles. The van der Waals surface area contributed by atoms with Gasteiger partial charge in [-0.05, 0) is 31.4 Å². The summed E-state index contributed by atoms with van der Waals surface area (Å²) in [6.07, 6.45) is 3.30. The Kier molecular flexibility index (Phi) is 2.99. The van der Waals surface area contributed by atoms with Gasteiger partial charge in [0.25, 0.3) is 0 Å². The van der Waals surface area contributed by atoms with Gasteiger partial charge in [-0.25, -0.2) is 4.79 Å². The fraction of sp³-hybridized carbons (Fsp3) is 0.417. The van der Waals surface area contributed by atoms with Crippen LogP contribution in [0.5, 0.6) is 11.5 Å². The van der Waals surface area contributed by atoms with Crippen LogP contribution >= 0.6 is 0 Å². The highest BCUT2D eigenvalue weighted by Crippen LogP contribution is 2.32. The molecule has 4 heteroatoms. The Bertz CT molecular complexity index is 396. The summed E-state index contributed by atoms with van der Waals surface area (Å²) < 4.78 is 10.2. The molecule has 0 spiro atoms. The standard InChI is InChI=1S/C12H14O4/c1-15-12(14)11-9(13)6-3-7-10(11)16-8-4-2-5-8/h3,6-8,13H,2,4-5H2,1H3. The molecule has 1 fully saturated rings. The predicted molar refractivity (Wildman–Crippen MR) is 57.7 cm³/mol. The molecular formula is C12H14O4. The summed E-state index contributed by atoms with van der Waals surface area (Å²) in [5, 5.41) is 9.62. The Hall–Kier alpha value is -1.71. The first-order chi connectivity index (χ1) is 7.72. The fourth-order valence-corrected chi connectivity index (χ4v) is 1.59. The topological polar surface area (TPSA) is 55.8 Å². The van der Waals surface area contributed by atoms with Crippen molar-refractivity contribution in [1.82, 2.24) is 0 Å². The van der Waals surface area contributed by atoms with E-state index in [0.717, 1.165) is 19.3 Å². The van der Waals surface area contributed by atoms with Crippen molar-refractivity contribution in [3.63, 3.8) is 0 Å². The first kappa shape index (κ1) is 10.8. The van der Waals surface area contributed by atoms with Crippen molar-refractivity contribution in [3.8, 4) is 11.5 Å². The molecule has 2 rings (SSSR count). The Labute approximate surface area is 93.8 Å². The van der Waals surface area contributed by atoms with Gasteiger partial charge in [0.1, 0.15) is 17.1 Å². The van der Waals surface area contributed by atoms with E-state index in [1.165, 1.54) is 13.2 Å². The molecule has 0 aliphatic heterocycles. The van der Waals surface area contributed by atoms with E-state index in [4.69, 9.17) is 4.74 Å². The van der Waals surface area contributed by atoms with E-state index in [2.05, 4.69) is 4.74 Å². The minimum atomic E-state index is -0.576. The normalized spacial score (nSPS) is 15.3. The molecule has 1 saturated carbocycles. The van der Waals surface area contributed by atoms with Gasteiger partial charge in [0.2, 0.25) is 0 Å². The zero-order chi connectivity index (χ0) is 11.5. The van der Waals surface area contributed by atoms with Crippen molar-refractivity contribution in [3.05, 3.63) is 23.8 Å². The quantitative estimate of drug-likeness (QED) is 0.796. The molecule has 0 heterocycles. The van der Waals surface area contributed by atoms with E-state index in [-0.39, 0.29) is 17.4 Å². The fourth-order valence-electron chi connectivity index (χ4n) is 1.59. The van der Waals surface area contributed by atoms with E-state index >= 15 is 0 Å².